The maximum absolute atomic E-state index is 5.38. The topological polar surface area (TPSA) is 85.4 Å². The van der Waals surface area contributed by atoms with Gasteiger partial charge in [-0.1, -0.05) is 11.8 Å². The largest absolute Gasteiger partial charge is 0.368 e. The van der Waals surface area contributed by atoms with Crippen LogP contribution in [-0.2, 0) is 6.54 Å². The maximum atomic E-state index is 5.38. The summed E-state index contributed by atoms with van der Waals surface area (Å²) in [6.45, 7) is 0.839. The summed E-state index contributed by atoms with van der Waals surface area (Å²) in [5, 5.41) is 11.3. The highest BCUT2D eigenvalue weighted by Crippen LogP contribution is 2.12. The van der Waals surface area contributed by atoms with Crippen LogP contribution in [0.3, 0.4) is 0 Å². The molecule has 3 N–H and O–H groups in total. The molecule has 0 spiro atoms. The maximum Gasteiger partial charge on any atom is 0.216 e. The normalized spacial score (nSPS) is 10.6. The van der Waals surface area contributed by atoms with Crippen molar-refractivity contribution in [1.82, 2.24) is 25.0 Å². The van der Waals surface area contributed by atoms with Crippen molar-refractivity contribution < 1.29 is 0 Å². The van der Waals surface area contributed by atoms with Gasteiger partial charge in [-0.2, -0.15) is 10.1 Å². The van der Waals surface area contributed by atoms with Crippen LogP contribution in [-0.4, -0.2) is 30.7 Å². The van der Waals surface area contributed by atoms with E-state index < -0.39 is 0 Å². The molecule has 14 heavy (non-hydrogen) atoms. The third kappa shape index (κ3) is 2.25. The summed E-state index contributed by atoms with van der Waals surface area (Å²) in [6.07, 6.45) is 3.68. The summed E-state index contributed by atoms with van der Waals surface area (Å²) >= 11 is 1.55. The predicted octanol–water partition coefficient (Wildman–Crippen LogP) is 0.376. The van der Waals surface area contributed by atoms with E-state index in [0.29, 0.717) is 11.1 Å². The van der Waals surface area contributed by atoms with E-state index in [0.717, 1.165) is 12.3 Å². The number of aryl methyl sites for hydroxylation is 1. The Labute approximate surface area is 84.9 Å². The summed E-state index contributed by atoms with van der Waals surface area (Å²) in [7, 11) is 0. The highest BCUT2D eigenvalue weighted by atomic mass is 32.2. The lowest BCUT2D eigenvalue weighted by molar-refractivity contribution is 0.666. The number of thioether (sulfide) groups is 1. The molecule has 6 nitrogen and oxygen atoms in total. The van der Waals surface area contributed by atoms with Crippen molar-refractivity contribution in [2.24, 2.45) is 0 Å². The first-order valence-electron chi connectivity index (χ1n) is 4.13. The molecule has 2 aromatic rings. The lowest BCUT2D eigenvalue weighted by Crippen LogP contribution is -2.00. The van der Waals surface area contributed by atoms with E-state index in [1.54, 1.807) is 18.0 Å². The van der Waals surface area contributed by atoms with Gasteiger partial charge in [0.2, 0.25) is 11.1 Å². The Morgan fingerprint density at radius 3 is 3.14 bits per heavy atom. The number of aromatic amines is 1. The van der Waals surface area contributed by atoms with Gasteiger partial charge in [-0.05, 0) is 6.07 Å². The molecular formula is C7H10N6S. The second-order valence-electron chi connectivity index (χ2n) is 2.62. The summed E-state index contributed by atoms with van der Waals surface area (Å²) < 4.78 is 1.86. The van der Waals surface area contributed by atoms with Gasteiger partial charge >= 0.3 is 0 Å². The minimum atomic E-state index is 0.353. The Hall–Kier alpha value is -1.50. The average Bonchev–Trinajstić information content (AvgIpc) is 2.77. The molecule has 0 atom stereocenters. The highest BCUT2D eigenvalue weighted by Gasteiger charge is 2.00. The highest BCUT2D eigenvalue weighted by molar-refractivity contribution is 7.99. The predicted molar refractivity (Wildman–Crippen MR) is 53.7 cm³/mol. The van der Waals surface area contributed by atoms with E-state index in [2.05, 4.69) is 20.3 Å². The van der Waals surface area contributed by atoms with E-state index in [1.165, 1.54) is 0 Å². The molecule has 0 amide bonds. The van der Waals surface area contributed by atoms with Crippen LogP contribution < -0.4 is 5.73 Å². The number of nitrogens with zero attached hydrogens (tertiary/aromatic N) is 4. The Kier molecular flexibility index (Phi) is 2.68. The molecule has 0 bridgehead atoms. The zero-order valence-corrected chi connectivity index (χ0v) is 8.24. The lowest BCUT2D eigenvalue weighted by atomic mass is 10.7. The number of aromatic nitrogens is 5. The molecule has 2 aromatic heterocycles. The molecule has 0 fully saturated rings. The molecule has 0 radical (unpaired) electrons. The van der Waals surface area contributed by atoms with E-state index in [-0.39, 0.29) is 0 Å². The summed E-state index contributed by atoms with van der Waals surface area (Å²) in [5.41, 5.74) is 5.38. The van der Waals surface area contributed by atoms with Crippen LogP contribution >= 0.6 is 11.8 Å². The zero-order chi connectivity index (χ0) is 9.80. The zero-order valence-electron chi connectivity index (χ0n) is 7.42. The number of nitrogens with one attached hydrogen (secondary N) is 1. The van der Waals surface area contributed by atoms with E-state index in [1.807, 2.05) is 16.9 Å². The van der Waals surface area contributed by atoms with Crippen LogP contribution in [0.4, 0.5) is 5.95 Å². The minimum absolute atomic E-state index is 0.353. The Bertz CT molecular complexity index is 381. The molecule has 0 aromatic carbocycles. The van der Waals surface area contributed by atoms with Crippen molar-refractivity contribution >= 4 is 17.7 Å². The van der Waals surface area contributed by atoms with E-state index >= 15 is 0 Å². The van der Waals surface area contributed by atoms with Crippen molar-refractivity contribution in [3.05, 3.63) is 18.5 Å². The van der Waals surface area contributed by atoms with E-state index in [9.17, 15) is 0 Å². The van der Waals surface area contributed by atoms with Crippen molar-refractivity contribution in [1.29, 1.82) is 0 Å². The van der Waals surface area contributed by atoms with Gasteiger partial charge < -0.3 is 5.73 Å². The van der Waals surface area contributed by atoms with Gasteiger partial charge in [0.05, 0.1) is 6.54 Å². The van der Waals surface area contributed by atoms with Crippen molar-refractivity contribution in [3.63, 3.8) is 0 Å². The second kappa shape index (κ2) is 4.14. The van der Waals surface area contributed by atoms with Crippen molar-refractivity contribution in [3.8, 4) is 0 Å². The van der Waals surface area contributed by atoms with Crippen LogP contribution in [0.25, 0.3) is 0 Å². The average molecular weight is 210 g/mol. The molecule has 7 heteroatoms. The summed E-state index contributed by atoms with van der Waals surface area (Å²) in [6, 6.07) is 1.90. The summed E-state index contributed by atoms with van der Waals surface area (Å²) in [5.74, 6) is 1.23. The number of nitrogens with two attached hydrogens (primary N) is 1. The monoisotopic (exact) mass is 210 g/mol. The number of hydrogen-bond acceptors (Lipinski definition) is 5. The molecule has 2 rings (SSSR count). The minimum Gasteiger partial charge on any atom is -0.368 e. The molecule has 0 unspecified atom stereocenters. The number of hydrogen-bond donors (Lipinski definition) is 2. The number of H-pyrrole nitrogens is 1. The first-order valence-corrected chi connectivity index (χ1v) is 5.11. The standard InChI is InChI=1S/C7H10N6S/c8-6-10-7(12-11-6)14-5-4-13-3-1-2-9-13/h1-3H,4-5H2,(H3,8,10,11,12). The van der Waals surface area contributed by atoms with Gasteiger partial charge in [-0.15, -0.1) is 5.10 Å². The lowest BCUT2D eigenvalue weighted by Gasteiger charge is -1.97. The number of nitrogen functional groups attached to an aromatic ring is 1. The van der Waals surface area contributed by atoms with Gasteiger partial charge in [-0.25, -0.2) is 5.10 Å². The summed E-state index contributed by atoms with van der Waals surface area (Å²) in [4.78, 5) is 3.97. The van der Waals surface area contributed by atoms with E-state index in [4.69, 9.17) is 5.73 Å². The van der Waals surface area contributed by atoms with Gasteiger partial charge in [-0.3, -0.25) is 4.68 Å². The molecule has 0 aliphatic heterocycles. The fraction of sp³-hybridized carbons (Fsp3) is 0.286. The van der Waals surface area contributed by atoms with Crippen LogP contribution in [0, 0.1) is 0 Å². The van der Waals surface area contributed by atoms with Gasteiger partial charge in [0, 0.05) is 18.1 Å². The smallest absolute Gasteiger partial charge is 0.216 e. The second-order valence-corrected chi connectivity index (χ2v) is 3.68. The van der Waals surface area contributed by atoms with Crippen LogP contribution in [0.2, 0.25) is 0 Å². The van der Waals surface area contributed by atoms with Crippen molar-refractivity contribution in [2.75, 3.05) is 11.5 Å². The molecule has 0 saturated heterocycles. The van der Waals surface area contributed by atoms with Gasteiger partial charge in [0.25, 0.3) is 0 Å². The van der Waals surface area contributed by atoms with Gasteiger partial charge in [0.1, 0.15) is 0 Å². The fourth-order valence-corrected chi connectivity index (χ4v) is 1.72. The quantitative estimate of drug-likeness (QED) is 0.712. The molecule has 0 aliphatic rings. The fourth-order valence-electron chi connectivity index (χ4n) is 0.986. The number of anilines is 1. The molecule has 0 aliphatic carbocycles. The Morgan fingerprint density at radius 1 is 1.57 bits per heavy atom. The first-order chi connectivity index (χ1) is 6.84. The van der Waals surface area contributed by atoms with Gasteiger partial charge in [0.15, 0.2) is 0 Å². The van der Waals surface area contributed by atoms with Crippen LogP contribution in [0.1, 0.15) is 0 Å². The van der Waals surface area contributed by atoms with Crippen LogP contribution in [0.15, 0.2) is 23.6 Å². The SMILES string of the molecule is Nc1nc(SCCn2cccn2)n[nH]1. The molecular weight excluding hydrogens is 200 g/mol. The Morgan fingerprint density at radius 2 is 2.50 bits per heavy atom. The van der Waals surface area contributed by atoms with Crippen molar-refractivity contribution in [2.45, 2.75) is 11.7 Å². The Balaban J connectivity index is 1.78. The molecule has 0 saturated carbocycles. The first kappa shape index (κ1) is 9.07. The third-order valence-corrected chi connectivity index (χ3v) is 2.42. The molecule has 74 valence electrons. The third-order valence-electron chi connectivity index (χ3n) is 1.59. The molecule has 2 heterocycles. The van der Waals surface area contributed by atoms with Crippen LogP contribution in [0.5, 0.6) is 0 Å². The number of rotatable bonds is 4.